The maximum absolute atomic E-state index is 4.34. The third-order valence-electron chi connectivity index (χ3n) is 3.99. The largest absolute Gasteiger partial charge is 0.317 e. The summed E-state index contributed by atoms with van der Waals surface area (Å²) in [6.07, 6.45) is 3.81. The van der Waals surface area contributed by atoms with Crippen molar-refractivity contribution in [1.29, 1.82) is 0 Å². The minimum atomic E-state index is 0.649. The second-order valence-corrected chi connectivity index (χ2v) is 5.37. The summed E-state index contributed by atoms with van der Waals surface area (Å²) in [5.41, 5.74) is 0. The number of rotatable bonds is 4. The van der Waals surface area contributed by atoms with E-state index in [0.717, 1.165) is 25.5 Å². The third kappa shape index (κ3) is 2.21. The summed E-state index contributed by atoms with van der Waals surface area (Å²) in [5, 5.41) is 12.1. The first-order valence-electron chi connectivity index (χ1n) is 6.55. The second kappa shape index (κ2) is 4.38. The van der Waals surface area contributed by atoms with E-state index in [9.17, 15) is 0 Å². The zero-order chi connectivity index (χ0) is 11.8. The van der Waals surface area contributed by atoms with Crippen molar-refractivity contribution in [2.75, 3.05) is 20.1 Å². The lowest BCUT2D eigenvalue weighted by atomic mass is 10.2. The summed E-state index contributed by atoms with van der Waals surface area (Å²) >= 11 is 0. The van der Waals surface area contributed by atoms with Gasteiger partial charge in [-0.2, -0.15) is 0 Å². The van der Waals surface area contributed by atoms with E-state index in [-0.39, 0.29) is 0 Å². The van der Waals surface area contributed by atoms with Crippen molar-refractivity contribution in [3.63, 3.8) is 0 Å². The van der Waals surface area contributed by atoms with E-state index in [4.69, 9.17) is 0 Å². The minimum Gasteiger partial charge on any atom is -0.317 e. The van der Waals surface area contributed by atoms with Crippen molar-refractivity contribution in [1.82, 2.24) is 25.0 Å². The number of nitrogens with one attached hydrogen (secondary N) is 1. The van der Waals surface area contributed by atoms with Crippen LogP contribution in [0.3, 0.4) is 0 Å². The van der Waals surface area contributed by atoms with Crippen LogP contribution in [0.25, 0.3) is 0 Å². The molecule has 1 saturated heterocycles. The molecule has 3 rings (SSSR count). The van der Waals surface area contributed by atoms with Crippen molar-refractivity contribution >= 4 is 0 Å². The van der Waals surface area contributed by atoms with Crippen LogP contribution in [0.5, 0.6) is 0 Å². The molecule has 0 spiro atoms. The quantitative estimate of drug-likeness (QED) is 0.825. The van der Waals surface area contributed by atoms with Crippen LogP contribution < -0.4 is 5.32 Å². The standard InChI is InChI=1S/C12H21N5/c1-16(10-5-6-13-7-10)8-11-14-15-12(17(11)2)9-3-4-9/h9-10,13H,3-8H2,1-2H3. The van der Waals surface area contributed by atoms with Gasteiger partial charge in [0.15, 0.2) is 0 Å². The lowest BCUT2D eigenvalue weighted by Gasteiger charge is -2.22. The molecule has 1 atom stereocenters. The van der Waals surface area contributed by atoms with Gasteiger partial charge < -0.3 is 9.88 Å². The number of hydrogen-bond acceptors (Lipinski definition) is 4. The molecule has 5 nitrogen and oxygen atoms in total. The van der Waals surface area contributed by atoms with Crippen LogP contribution in [0.4, 0.5) is 0 Å². The smallest absolute Gasteiger partial charge is 0.146 e. The van der Waals surface area contributed by atoms with Gasteiger partial charge in [0.25, 0.3) is 0 Å². The Morgan fingerprint density at radius 3 is 2.82 bits per heavy atom. The molecule has 17 heavy (non-hydrogen) atoms. The van der Waals surface area contributed by atoms with E-state index in [1.165, 1.54) is 25.1 Å². The van der Waals surface area contributed by atoms with E-state index < -0.39 is 0 Å². The maximum atomic E-state index is 4.34. The number of likely N-dealkylation sites (N-methyl/N-ethyl adjacent to an activating group) is 1. The summed E-state index contributed by atoms with van der Waals surface area (Å²) in [7, 11) is 4.28. The van der Waals surface area contributed by atoms with Gasteiger partial charge in [0.2, 0.25) is 0 Å². The number of aromatic nitrogens is 3. The Morgan fingerprint density at radius 2 is 2.18 bits per heavy atom. The van der Waals surface area contributed by atoms with Gasteiger partial charge in [-0.1, -0.05) is 0 Å². The van der Waals surface area contributed by atoms with Gasteiger partial charge in [-0.25, -0.2) is 0 Å². The van der Waals surface area contributed by atoms with Gasteiger partial charge in [0.1, 0.15) is 11.6 Å². The normalized spacial score (nSPS) is 24.8. The van der Waals surface area contributed by atoms with Crippen LogP contribution in [0, 0.1) is 0 Å². The summed E-state index contributed by atoms with van der Waals surface area (Å²) in [4.78, 5) is 2.39. The average molecular weight is 235 g/mol. The third-order valence-corrected chi connectivity index (χ3v) is 3.99. The fraction of sp³-hybridized carbons (Fsp3) is 0.833. The van der Waals surface area contributed by atoms with Crippen LogP contribution in [-0.4, -0.2) is 45.8 Å². The number of hydrogen-bond donors (Lipinski definition) is 1. The monoisotopic (exact) mass is 235 g/mol. The van der Waals surface area contributed by atoms with Crippen LogP contribution >= 0.6 is 0 Å². The topological polar surface area (TPSA) is 46.0 Å². The molecule has 1 aromatic heterocycles. The molecule has 5 heteroatoms. The van der Waals surface area contributed by atoms with Crippen LogP contribution in [0.1, 0.15) is 36.8 Å². The maximum Gasteiger partial charge on any atom is 0.146 e. The molecule has 1 N–H and O–H groups in total. The summed E-state index contributed by atoms with van der Waals surface area (Å²) in [5.74, 6) is 2.96. The molecule has 1 aliphatic heterocycles. The van der Waals surface area contributed by atoms with Crippen molar-refractivity contribution in [3.05, 3.63) is 11.6 Å². The molecule has 1 aliphatic carbocycles. The highest BCUT2D eigenvalue weighted by Crippen LogP contribution is 2.38. The van der Waals surface area contributed by atoms with Gasteiger partial charge in [0, 0.05) is 25.6 Å². The van der Waals surface area contributed by atoms with E-state index in [1.54, 1.807) is 0 Å². The predicted molar refractivity (Wildman–Crippen MR) is 65.7 cm³/mol. The van der Waals surface area contributed by atoms with Crippen molar-refractivity contribution in [2.24, 2.45) is 7.05 Å². The highest BCUT2D eigenvalue weighted by Gasteiger charge is 2.29. The Balaban J connectivity index is 1.67. The summed E-state index contributed by atoms with van der Waals surface area (Å²) in [6, 6.07) is 0.649. The molecule has 2 fully saturated rings. The Bertz CT molecular complexity index is 390. The Kier molecular flexibility index (Phi) is 2.88. The highest BCUT2D eigenvalue weighted by molar-refractivity contribution is 5.07. The summed E-state index contributed by atoms with van der Waals surface area (Å²) < 4.78 is 2.19. The Morgan fingerprint density at radius 1 is 1.35 bits per heavy atom. The molecule has 0 amide bonds. The highest BCUT2D eigenvalue weighted by atomic mass is 15.3. The van der Waals surface area contributed by atoms with Gasteiger partial charge in [-0.05, 0) is 32.9 Å². The lowest BCUT2D eigenvalue weighted by Crippen LogP contribution is -2.33. The molecule has 1 saturated carbocycles. The molecule has 1 unspecified atom stereocenters. The van der Waals surface area contributed by atoms with E-state index in [0.29, 0.717) is 12.0 Å². The van der Waals surface area contributed by atoms with Crippen molar-refractivity contribution < 1.29 is 0 Å². The molecular formula is C12H21N5. The van der Waals surface area contributed by atoms with Crippen LogP contribution in [0.2, 0.25) is 0 Å². The van der Waals surface area contributed by atoms with Gasteiger partial charge in [0.05, 0.1) is 6.54 Å². The first-order valence-corrected chi connectivity index (χ1v) is 6.55. The van der Waals surface area contributed by atoms with Gasteiger partial charge >= 0.3 is 0 Å². The minimum absolute atomic E-state index is 0.649. The fourth-order valence-electron chi connectivity index (χ4n) is 2.58. The zero-order valence-electron chi connectivity index (χ0n) is 10.7. The van der Waals surface area contributed by atoms with Gasteiger partial charge in [-0.3, -0.25) is 4.90 Å². The predicted octanol–water partition coefficient (Wildman–Crippen LogP) is 0.486. The van der Waals surface area contributed by atoms with Crippen LogP contribution in [-0.2, 0) is 13.6 Å². The number of nitrogens with zero attached hydrogens (tertiary/aromatic N) is 4. The lowest BCUT2D eigenvalue weighted by molar-refractivity contribution is 0.240. The molecule has 0 radical (unpaired) electrons. The zero-order valence-corrected chi connectivity index (χ0v) is 10.7. The van der Waals surface area contributed by atoms with Crippen molar-refractivity contribution in [3.8, 4) is 0 Å². The molecule has 1 aromatic rings. The molecular weight excluding hydrogens is 214 g/mol. The Labute approximate surface area is 102 Å². The second-order valence-electron chi connectivity index (χ2n) is 5.37. The average Bonchev–Trinajstić information content (AvgIpc) is 2.89. The fourth-order valence-corrected chi connectivity index (χ4v) is 2.58. The van der Waals surface area contributed by atoms with Gasteiger partial charge in [-0.15, -0.1) is 10.2 Å². The molecule has 0 bridgehead atoms. The van der Waals surface area contributed by atoms with Crippen LogP contribution in [0.15, 0.2) is 0 Å². The molecule has 0 aromatic carbocycles. The van der Waals surface area contributed by atoms with E-state index >= 15 is 0 Å². The first-order chi connectivity index (χ1) is 8.25. The molecule has 2 heterocycles. The SMILES string of the molecule is CN(Cc1nnc(C2CC2)n1C)C1CCNC1. The Hall–Kier alpha value is -0.940. The molecule has 2 aliphatic rings. The summed E-state index contributed by atoms with van der Waals surface area (Å²) in [6.45, 7) is 3.15. The van der Waals surface area contributed by atoms with E-state index in [1.807, 2.05) is 0 Å². The van der Waals surface area contributed by atoms with Crippen molar-refractivity contribution in [2.45, 2.75) is 37.8 Å². The van der Waals surface area contributed by atoms with E-state index in [2.05, 4.69) is 39.1 Å². The first kappa shape index (κ1) is 11.2. The molecule has 94 valence electrons.